The molecular weight excluding hydrogens is 145 g/mol. The first-order valence-corrected chi connectivity index (χ1v) is 2.83. The summed E-state index contributed by atoms with van der Waals surface area (Å²) in [6, 6.07) is 0. The third-order valence-corrected chi connectivity index (χ3v) is 0.763. The summed E-state index contributed by atoms with van der Waals surface area (Å²) in [7, 11) is 4.97. The Morgan fingerprint density at radius 1 is 1.73 bits per heavy atom. The number of hydrogen-bond acceptors (Lipinski definition) is 4. The fourth-order valence-corrected chi connectivity index (χ4v) is 0.322. The SMILES string of the molecule is [B]C(=C)C(=O)OCCN=C=O. The number of nitrogens with zero attached hydrogens (tertiary/aromatic N) is 1. The van der Waals surface area contributed by atoms with Crippen molar-refractivity contribution in [2.45, 2.75) is 0 Å². The van der Waals surface area contributed by atoms with Crippen LogP contribution in [0.4, 0.5) is 0 Å². The topological polar surface area (TPSA) is 55.7 Å². The predicted octanol–water partition coefficient (Wildman–Crippen LogP) is -0.452. The van der Waals surface area contributed by atoms with E-state index in [9.17, 15) is 9.59 Å². The quantitative estimate of drug-likeness (QED) is 0.136. The normalized spacial score (nSPS) is 8.00. The molecule has 56 valence electrons. The number of carbonyl (C=O) groups excluding carboxylic acids is 2. The zero-order valence-corrected chi connectivity index (χ0v) is 5.87. The van der Waals surface area contributed by atoms with Crippen molar-refractivity contribution >= 4 is 19.9 Å². The number of rotatable bonds is 4. The Bertz CT molecular complexity index is 208. The molecule has 0 saturated heterocycles. The molecule has 0 aliphatic heterocycles. The highest BCUT2D eigenvalue weighted by molar-refractivity contribution is 6.34. The van der Waals surface area contributed by atoms with Crippen LogP contribution in [0.1, 0.15) is 0 Å². The molecule has 0 aromatic rings. The van der Waals surface area contributed by atoms with Gasteiger partial charge in [-0.1, -0.05) is 6.58 Å². The molecule has 0 aliphatic carbocycles. The number of ether oxygens (including phenoxy) is 1. The summed E-state index contributed by atoms with van der Waals surface area (Å²) in [6.07, 6.45) is 1.30. The van der Waals surface area contributed by atoms with Crippen molar-refractivity contribution in [1.82, 2.24) is 0 Å². The molecule has 0 saturated carbocycles. The molecule has 2 radical (unpaired) electrons. The third kappa shape index (κ3) is 5.12. The highest BCUT2D eigenvalue weighted by Crippen LogP contribution is 1.86. The van der Waals surface area contributed by atoms with E-state index in [0.717, 1.165) is 0 Å². The molecule has 0 atom stereocenters. The number of isocyanates is 1. The van der Waals surface area contributed by atoms with Gasteiger partial charge in [-0.25, -0.2) is 14.6 Å². The van der Waals surface area contributed by atoms with Crippen LogP contribution in [0.3, 0.4) is 0 Å². The number of hydrogen-bond donors (Lipinski definition) is 0. The summed E-state index contributed by atoms with van der Waals surface area (Å²) in [4.78, 5) is 23.2. The Labute approximate surface area is 65.4 Å². The molecule has 0 aromatic carbocycles. The average Bonchev–Trinajstić information content (AvgIpc) is 1.97. The first-order chi connectivity index (χ1) is 5.18. The summed E-state index contributed by atoms with van der Waals surface area (Å²) in [5.41, 5.74) is -0.167. The van der Waals surface area contributed by atoms with E-state index in [1.165, 1.54) is 6.08 Å². The Kier molecular flexibility index (Phi) is 4.78. The van der Waals surface area contributed by atoms with Gasteiger partial charge in [0.05, 0.1) is 6.54 Å². The zero-order valence-electron chi connectivity index (χ0n) is 5.87. The molecule has 0 aromatic heterocycles. The highest BCUT2D eigenvalue weighted by atomic mass is 16.5. The Morgan fingerprint density at radius 2 is 2.36 bits per heavy atom. The van der Waals surface area contributed by atoms with E-state index in [2.05, 4.69) is 16.3 Å². The van der Waals surface area contributed by atoms with E-state index in [1.54, 1.807) is 0 Å². The van der Waals surface area contributed by atoms with E-state index in [0.29, 0.717) is 0 Å². The molecule has 0 N–H and O–H groups in total. The van der Waals surface area contributed by atoms with Crippen LogP contribution in [0.5, 0.6) is 0 Å². The van der Waals surface area contributed by atoms with Gasteiger partial charge >= 0.3 is 5.97 Å². The van der Waals surface area contributed by atoms with Gasteiger partial charge in [-0.05, 0) is 5.47 Å². The lowest BCUT2D eigenvalue weighted by atomic mass is 9.99. The minimum Gasteiger partial charge on any atom is -0.461 e. The van der Waals surface area contributed by atoms with Gasteiger partial charge in [0.2, 0.25) is 6.08 Å². The molecule has 0 amide bonds. The van der Waals surface area contributed by atoms with Crippen LogP contribution in [0.2, 0.25) is 0 Å². The van der Waals surface area contributed by atoms with Gasteiger partial charge in [-0.3, -0.25) is 0 Å². The summed E-state index contributed by atoms with van der Waals surface area (Å²) in [5, 5.41) is 0. The van der Waals surface area contributed by atoms with E-state index in [1.807, 2.05) is 0 Å². The average molecular weight is 151 g/mol. The van der Waals surface area contributed by atoms with Crippen LogP contribution >= 0.6 is 0 Å². The van der Waals surface area contributed by atoms with Crippen LogP contribution in [-0.4, -0.2) is 33.0 Å². The summed E-state index contributed by atoms with van der Waals surface area (Å²) >= 11 is 0. The molecule has 0 unspecified atom stereocenters. The van der Waals surface area contributed by atoms with Crippen LogP contribution in [0.15, 0.2) is 17.0 Å². The predicted molar refractivity (Wildman–Crippen MR) is 38.8 cm³/mol. The van der Waals surface area contributed by atoms with Crippen molar-refractivity contribution in [2.75, 3.05) is 13.2 Å². The van der Waals surface area contributed by atoms with Crippen molar-refractivity contribution in [1.29, 1.82) is 0 Å². The van der Waals surface area contributed by atoms with Gasteiger partial charge in [0.1, 0.15) is 14.5 Å². The second-order valence-electron chi connectivity index (χ2n) is 1.63. The Morgan fingerprint density at radius 3 is 2.82 bits per heavy atom. The van der Waals surface area contributed by atoms with E-state index >= 15 is 0 Å². The van der Waals surface area contributed by atoms with Crippen LogP contribution in [0.25, 0.3) is 0 Å². The second-order valence-corrected chi connectivity index (χ2v) is 1.63. The maximum absolute atomic E-state index is 10.5. The molecule has 0 aliphatic rings. The van der Waals surface area contributed by atoms with E-state index in [-0.39, 0.29) is 18.6 Å². The monoisotopic (exact) mass is 151 g/mol. The molecule has 4 nitrogen and oxygen atoms in total. The smallest absolute Gasteiger partial charge is 0.322 e. The van der Waals surface area contributed by atoms with E-state index < -0.39 is 5.97 Å². The number of esters is 1. The van der Waals surface area contributed by atoms with Crippen LogP contribution < -0.4 is 0 Å². The molecule has 0 rings (SSSR count). The van der Waals surface area contributed by atoms with Crippen molar-refractivity contribution in [2.24, 2.45) is 4.99 Å². The lowest BCUT2D eigenvalue weighted by molar-refractivity contribution is -0.137. The van der Waals surface area contributed by atoms with Crippen molar-refractivity contribution in [3.63, 3.8) is 0 Å². The van der Waals surface area contributed by atoms with Gasteiger partial charge in [-0.15, -0.1) is 0 Å². The second kappa shape index (κ2) is 5.44. The highest BCUT2D eigenvalue weighted by Gasteiger charge is 1.99. The minimum absolute atomic E-state index is 0.0181. The molecule has 11 heavy (non-hydrogen) atoms. The summed E-state index contributed by atoms with van der Waals surface area (Å²) in [6.45, 7) is 3.27. The molecule has 0 spiro atoms. The first kappa shape index (κ1) is 9.65. The third-order valence-electron chi connectivity index (χ3n) is 0.763. The lowest BCUT2D eigenvalue weighted by Gasteiger charge is -1.99. The van der Waals surface area contributed by atoms with Crippen LogP contribution in [0, 0.1) is 0 Å². The number of aliphatic imine (C=N–C) groups is 1. The van der Waals surface area contributed by atoms with Gasteiger partial charge in [0, 0.05) is 0 Å². The van der Waals surface area contributed by atoms with Gasteiger partial charge in [0.15, 0.2) is 0 Å². The standard InChI is InChI=1S/C6H6BNO3/c1-5(7)6(10)11-3-2-8-4-9/h1-3H2. The lowest BCUT2D eigenvalue weighted by Crippen LogP contribution is -2.09. The molecule has 5 heteroatoms. The van der Waals surface area contributed by atoms with Gasteiger partial charge < -0.3 is 4.74 Å². The van der Waals surface area contributed by atoms with Crippen molar-refractivity contribution < 1.29 is 14.3 Å². The number of carbonyl (C=O) groups is 1. The molecule has 0 fully saturated rings. The fourth-order valence-electron chi connectivity index (χ4n) is 0.322. The largest absolute Gasteiger partial charge is 0.461 e. The maximum Gasteiger partial charge on any atom is 0.322 e. The summed E-state index contributed by atoms with van der Waals surface area (Å²) in [5.74, 6) is -0.689. The summed E-state index contributed by atoms with van der Waals surface area (Å²) < 4.78 is 4.47. The van der Waals surface area contributed by atoms with E-state index in [4.69, 9.17) is 7.85 Å². The van der Waals surface area contributed by atoms with Crippen LogP contribution in [-0.2, 0) is 14.3 Å². The first-order valence-electron chi connectivity index (χ1n) is 2.83. The maximum atomic E-state index is 10.5. The fraction of sp³-hybridized carbons (Fsp3) is 0.333. The molecular formula is C6H6BNO3. The zero-order chi connectivity index (χ0) is 8.69. The van der Waals surface area contributed by atoms with Crippen molar-refractivity contribution in [3.05, 3.63) is 12.1 Å². The Balaban J connectivity index is 3.47. The Hall–Kier alpha value is -1.35. The molecule has 0 bridgehead atoms. The van der Waals surface area contributed by atoms with Gasteiger partial charge in [-0.2, -0.15) is 0 Å². The molecule has 0 heterocycles. The van der Waals surface area contributed by atoms with Crippen molar-refractivity contribution in [3.8, 4) is 0 Å². The van der Waals surface area contributed by atoms with Gasteiger partial charge in [0.25, 0.3) is 0 Å². The minimum atomic E-state index is -0.689.